The number of hydrogen-bond acceptors (Lipinski definition) is 3. The summed E-state index contributed by atoms with van der Waals surface area (Å²) in [5, 5.41) is 3.66. The minimum Gasteiger partial charge on any atom is -0.397 e. The van der Waals surface area contributed by atoms with Gasteiger partial charge in [-0.3, -0.25) is 4.98 Å². The molecule has 0 aromatic carbocycles. The summed E-state index contributed by atoms with van der Waals surface area (Å²) >= 11 is 0. The van der Waals surface area contributed by atoms with E-state index in [1.165, 1.54) is 25.7 Å². The maximum Gasteiger partial charge on any atom is 0.0770 e. The fraction of sp³-hybridized carbons (Fsp3) is 0.615. The molecule has 1 aromatic heterocycles. The molecule has 3 rings (SSSR count). The Balaban J connectivity index is 1.60. The first-order valence-corrected chi connectivity index (χ1v) is 6.27. The zero-order chi connectivity index (χ0) is 11.0. The zero-order valence-corrected chi connectivity index (χ0v) is 9.52. The molecule has 3 heteroatoms. The van der Waals surface area contributed by atoms with E-state index in [1.807, 2.05) is 18.3 Å². The van der Waals surface area contributed by atoms with Crippen LogP contribution in [0.3, 0.4) is 0 Å². The van der Waals surface area contributed by atoms with Gasteiger partial charge in [0.25, 0.3) is 0 Å². The van der Waals surface area contributed by atoms with Crippen molar-refractivity contribution in [2.45, 2.75) is 38.3 Å². The molecule has 0 saturated heterocycles. The second-order valence-corrected chi connectivity index (χ2v) is 5.12. The maximum absolute atomic E-state index is 5.89. The van der Waals surface area contributed by atoms with Crippen LogP contribution in [0.2, 0.25) is 0 Å². The van der Waals surface area contributed by atoms with Gasteiger partial charge in [-0.05, 0) is 49.7 Å². The van der Waals surface area contributed by atoms with Gasteiger partial charge >= 0.3 is 0 Å². The van der Waals surface area contributed by atoms with Gasteiger partial charge in [-0.25, -0.2) is 0 Å². The number of nitrogens with zero attached hydrogens (tertiary/aromatic N) is 1. The molecule has 0 atom stereocenters. The van der Waals surface area contributed by atoms with Crippen molar-refractivity contribution in [3.63, 3.8) is 0 Å². The lowest BCUT2D eigenvalue weighted by molar-refractivity contribution is 0.414. The molecule has 3 N–H and O–H groups in total. The monoisotopic (exact) mass is 217 g/mol. The third kappa shape index (κ3) is 2.19. The lowest BCUT2D eigenvalue weighted by Crippen LogP contribution is -2.33. The first kappa shape index (κ1) is 10.1. The van der Waals surface area contributed by atoms with E-state index in [0.717, 1.165) is 35.8 Å². The van der Waals surface area contributed by atoms with Crippen molar-refractivity contribution in [3.05, 3.63) is 24.0 Å². The summed E-state index contributed by atoms with van der Waals surface area (Å²) in [6.07, 6.45) is 7.45. The molecule has 0 unspecified atom stereocenters. The zero-order valence-electron chi connectivity index (χ0n) is 9.52. The van der Waals surface area contributed by atoms with Crippen LogP contribution < -0.4 is 11.1 Å². The SMILES string of the molecule is Nc1cccnc1CNC(C1CC1)C1CC1. The van der Waals surface area contributed by atoms with Crippen molar-refractivity contribution in [1.29, 1.82) is 0 Å². The van der Waals surface area contributed by atoms with Crippen molar-refractivity contribution < 1.29 is 0 Å². The summed E-state index contributed by atoms with van der Waals surface area (Å²) in [7, 11) is 0. The molecule has 2 aliphatic rings. The number of pyridine rings is 1. The molecule has 0 radical (unpaired) electrons. The fourth-order valence-corrected chi connectivity index (χ4v) is 2.44. The van der Waals surface area contributed by atoms with Crippen LogP contribution in [0.15, 0.2) is 18.3 Å². The molecular weight excluding hydrogens is 198 g/mol. The first-order valence-electron chi connectivity index (χ1n) is 6.27. The van der Waals surface area contributed by atoms with Crippen LogP contribution in [0.1, 0.15) is 31.4 Å². The molecule has 1 aromatic rings. The normalized spacial score (nSPS) is 20.3. The highest BCUT2D eigenvalue weighted by Crippen LogP contribution is 2.44. The lowest BCUT2D eigenvalue weighted by atomic mass is 10.1. The highest BCUT2D eigenvalue weighted by Gasteiger charge is 2.40. The van der Waals surface area contributed by atoms with Crippen LogP contribution in [0.4, 0.5) is 5.69 Å². The van der Waals surface area contributed by atoms with E-state index in [1.54, 1.807) is 0 Å². The van der Waals surface area contributed by atoms with E-state index >= 15 is 0 Å². The van der Waals surface area contributed by atoms with Gasteiger partial charge < -0.3 is 11.1 Å². The molecule has 0 bridgehead atoms. The van der Waals surface area contributed by atoms with Gasteiger partial charge in [0.2, 0.25) is 0 Å². The molecule has 16 heavy (non-hydrogen) atoms. The molecule has 0 aliphatic heterocycles. The smallest absolute Gasteiger partial charge is 0.0770 e. The van der Waals surface area contributed by atoms with Crippen molar-refractivity contribution in [2.24, 2.45) is 11.8 Å². The molecular formula is C13H19N3. The van der Waals surface area contributed by atoms with E-state index in [-0.39, 0.29) is 0 Å². The van der Waals surface area contributed by atoms with Crippen LogP contribution in [0.25, 0.3) is 0 Å². The van der Waals surface area contributed by atoms with Crippen molar-refractivity contribution in [2.75, 3.05) is 5.73 Å². The Labute approximate surface area is 96.4 Å². The van der Waals surface area contributed by atoms with Gasteiger partial charge in [-0.15, -0.1) is 0 Å². The van der Waals surface area contributed by atoms with Crippen molar-refractivity contribution in [1.82, 2.24) is 10.3 Å². The molecule has 3 nitrogen and oxygen atoms in total. The number of nitrogens with one attached hydrogen (secondary N) is 1. The number of nitrogens with two attached hydrogens (primary N) is 1. The summed E-state index contributed by atoms with van der Waals surface area (Å²) in [5.41, 5.74) is 7.69. The number of aromatic nitrogens is 1. The Morgan fingerprint density at radius 2 is 2.00 bits per heavy atom. The van der Waals surface area contributed by atoms with E-state index in [0.29, 0.717) is 0 Å². The van der Waals surface area contributed by atoms with Crippen LogP contribution in [0, 0.1) is 11.8 Å². The summed E-state index contributed by atoms with van der Waals surface area (Å²) in [4.78, 5) is 4.32. The lowest BCUT2D eigenvalue weighted by Gasteiger charge is -2.17. The predicted molar refractivity (Wildman–Crippen MR) is 64.7 cm³/mol. The average molecular weight is 217 g/mol. The highest BCUT2D eigenvalue weighted by molar-refractivity contribution is 5.41. The minimum absolute atomic E-state index is 0.724. The Morgan fingerprint density at radius 1 is 1.31 bits per heavy atom. The topological polar surface area (TPSA) is 50.9 Å². The highest BCUT2D eigenvalue weighted by atomic mass is 15.0. The Bertz CT molecular complexity index is 357. The quantitative estimate of drug-likeness (QED) is 0.792. The third-order valence-corrected chi connectivity index (χ3v) is 3.69. The third-order valence-electron chi connectivity index (χ3n) is 3.69. The van der Waals surface area contributed by atoms with Crippen LogP contribution >= 0.6 is 0 Å². The molecule has 2 aliphatic carbocycles. The van der Waals surface area contributed by atoms with Gasteiger partial charge in [0.15, 0.2) is 0 Å². The predicted octanol–water partition coefficient (Wildman–Crippen LogP) is 1.94. The van der Waals surface area contributed by atoms with E-state index in [2.05, 4.69) is 10.3 Å². The van der Waals surface area contributed by atoms with Crippen LogP contribution in [-0.2, 0) is 6.54 Å². The van der Waals surface area contributed by atoms with Gasteiger partial charge in [-0.2, -0.15) is 0 Å². The molecule has 86 valence electrons. The van der Waals surface area contributed by atoms with Gasteiger partial charge in [0.1, 0.15) is 0 Å². The fourth-order valence-electron chi connectivity index (χ4n) is 2.44. The summed E-state index contributed by atoms with van der Waals surface area (Å²) in [6.45, 7) is 0.824. The Hall–Kier alpha value is -1.09. The van der Waals surface area contributed by atoms with E-state index in [4.69, 9.17) is 5.73 Å². The number of nitrogen functional groups attached to an aromatic ring is 1. The maximum atomic E-state index is 5.89. The second-order valence-electron chi connectivity index (χ2n) is 5.12. The molecule has 2 fully saturated rings. The van der Waals surface area contributed by atoms with Crippen molar-refractivity contribution >= 4 is 5.69 Å². The van der Waals surface area contributed by atoms with Crippen molar-refractivity contribution in [3.8, 4) is 0 Å². The number of anilines is 1. The molecule has 2 saturated carbocycles. The van der Waals surface area contributed by atoms with Gasteiger partial charge in [-0.1, -0.05) is 0 Å². The average Bonchev–Trinajstić information content (AvgIpc) is 3.15. The number of rotatable bonds is 5. The van der Waals surface area contributed by atoms with E-state index in [9.17, 15) is 0 Å². The second kappa shape index (κ2) is 4.06. The Morgan fingerprint density at radius 3 is 2.56 bits per heavy atom. The van der Waals surface area contributed by atoms with Gasteiger partial charge in [0.05, 0.1) is 11.4 Å². The molecule has 0 amide bonds. The summed E-state index contributed by atoms with van der Waals surface area (Å²) < 4.78 is 0. The largest absolute Gasteiger partial charge is 0.397 e. The first-order chi connectivity index (χ1) is 7.84. The van der Waals surface area contributed by atoms with Crippen LogP contribution in [-0.4, -0.2) is 11.0 Å². The minimum atomic E-state index is 0.724. The van der Waals surface area contributed by atoms with Crippen LogP contribution in [0.5, 0.6) is 0 Å². The number of hydrogen-bond donors (Lipinski definition) is 2. The van der Waals surface area contributed by atoms with Gasteiger partial charge in [0, 0.05) is 18.8 Å². The standard InChI is InChI=1S/C13H19N3/c14-11-2-1-7-15-12(11)8-16-13(9-3-4-9)10-5-6-10/h1-2,7,9-10,13,16H,3-6,8,14H2. The summed E-state index contributed by atoms with van der Waals surface area (Å²) in [6, 6.07) is 4.53. The molecule has 1 heterocycles. The summed E-state index contributed by atoms with van der Waals surface area (Å²) in [5.74, 6) is 1.86. The van der Waals surface area contributed by atoms with E-state index < -0.39 is 0 Å². The molecule has 0 spiro atoms. The Kier molecular flexibility index (Phi) is 2.56.